The van der Waals surface area contributed by atoms with Crippen molar-refractivity contribution in [2.45, 2.75) is 32.7 Å². The second-order valence-corrected chi connectivity index (χ2v) is 6.15. The van der Waals surface area contributed by atoms with Crippen molar-refractivity contribution in [2.75, 3.05) is 19.9 Å². The minimum absolute atomic E-state index is 0.0502. The highest BCUT2D eigenvalue weighted by Crippen LogP contribution is 2.34. The van der Waals surface area contributed by atoms with E-state index >= 15 is 0 Å². The number of hydrogen-bond donors (Lipinski definition) is 2. The highest BCUT2D eigenvalue weighted by atomic mass is 16.7. The Morgan fingerprint density at radius 3 is 2.95 bits per heavy atom. The first kappa shape index (κ1) is 14.2. The highest BCUT2D eigenvalue weighted by Gasteiger charge is 2.35. The monoisotopic (exact) mass is 290 g/mol. The zero-order chi connectivity index (χ0) is 14.9. The summed E-state index contributed by atoms with van der Waals surface area (Å²) < 4.78 is 10.7. The number of piperidine rings is 1. The van der Waals surface area contributed by atoms with Crippen LogP contribution >= 0.6 is 0 Å². The number of hydrogen-bond acceptors (Lipinski definition) is 4. The van der Waals surface area contributed by atoms with Gasteiger partial charge in [-0.15, -0.1) is 0 Å². The normalized spacial score (nSPS) is 25.4. The summed E-state index contributed by atoms with van der Waals surface area (Å²) in [6.45, 7) is 6.03. The van der Waals surface area contributed by atoms with E-state index in [-0.39, 0.29) is 24.2 Å². The van der Waals surface area contributed by atoms with Crippen LogP contribution in [0.5, 0.6) is 11.5 Å². The summed E-state index contributed by atoms with van der Waals surface area (Å²) in [5, 5.41) is 6.43. The van der Waals surface area contributed by atoms with Crippen LogP contribution in [0.25, 0.3) is 0 Å². The molecule has 0 radical (unpaired) electrons. The number of amides is 1. The van der Waals surface area contributed by atoms with Gasteiger partial charge in [0.15, 0.2) is 11.5 Å². The molecule has 0 aliphatic carbocycles. The van der Waals surface area contributed by atoms with Crippen LogP contribution < -0.4 is 20.1 Å². The molecule has 2 heterocycles. The maximum absolute atomic E-state index is 12.5. The second kappa shape index (κ2) is 5.56. The lowest BCUT2D eigenvalue weighted by Crippen LogP contribution is -2.49. The SMILES string of the molecule is CC(NC(=O)C1(C)CCCNC1)c1ccc2c(c1)OCO2. The third kappa shape index (κ3) is 2.83. The molecule has 0 spiro atoms. The molecular weight excluding hydrogens is 268 g/mol. The van der Waals surface area contributed by atoms with Gasteiger partial charge < -0.3 is 20.1 Å². The molecule has 1 fully saturated rings. The number of carbonyl (C=O) groups is 1. The molecule has 5 heteroatoms. The Morgan fingerprint density at radius 2 is 2.19 bits per heavy atom. The Labute approximate surface area is 125 Å². The molecule has 1 aromatic rings. The van der Waals surface area contributed by atoms with Gasteiger partial charge in [-0.25, -0.2) is 0 Å². The molecule has 2 unspecified atom stereocenters. The van der Waals surface area contributed by atoms with E-state index < -0.39 is 0 Å². The van der Waals surface area contributed by atoms with Crippen LogP contribution in [0.2, 0.25) is 0 Å². The maximum Gasteiger partial charge on any atom is 0.231 e. The fourth-order valence-electron chi connectivity index (χ4n) is 2.89. The fraction of sp³-hybridized carbons (Fsp3) is 0.562. The van der Waals surface area contributed by atoms with Crippen LogP contribution in [-0.2, 0) is 4.79 Å². The molecule has 1 aromatic carbocycles. The first-order valence-corrected chi connectivity index (χ1v) is 7.50. The lowest BCUT2D eigenvalue weighted by molar-refractivity contribution is -0.131. The lowest BCUT2D eigenvalue weighted by Gasteiger charge is -2.33. The van der Waals surface area contributed by atoms with Gasteiger partial charge in [0.25, 0.3) is 0 Å². The number of ether oxygens (including phenoxy) is 2. The number of nitrogens with one attached hydrogen (secondary N) is 2. The van der Waals surface area contributed by atoms with E-state index in [2.05, 4.69) is 10.6 Å². The smallest absolute Gasteiger partial charge is 0.231 e. The van der Waals surface area contributed by atoms with Crippen LogP contribution in [0.4, 0.5) is 0 Å². The average molecular weight is 290 g/mol. The molecule has 1 amide bonds. The molecule has 1 saturated heterocycles. The van der Waals surface area contributed by atoms with Crippen molar-refractivity contribution in [1.29, 1.82) is 0 Å². The van der Waals surface area contributed by atoms with E-state index in [0.29, 0.717) is 0 Å². The van der Waals surface area contributed by atoms with Gasteiger partial charge in [0, 0.05) is 6.54 Å². The standard InChI is InChI=1S/C16H22N2O3/c1-11(12-4-5-13-14(8-12)21-10-20-13)18-15(19)16(2)6-3-7-17-9-16/h4-5,8,11,17H,3,6-7,9-10H2,1-2H3,(H,18,19). The van der Waals surface area contributed by atoms with Crippen molar-refractivity contribution in [2.24, 2.45) is 5.41 Å². The molecular formula is C16H22N2O3. The van der Waals surface area contributed by atoms with Gasteiger partial charge in [0.1, 0.15) is 0 Å². The molecule has 0 aromatic heterocycles. The third-order valence-electron chi connectivity index (χ3n) is 4.39. The van der Waals surface area contributed by atoms with Gasteiger partial charge in [-0.3, -0.25) is 4.79 Å². The van der Waals surface area contributed by atoms with Gasteiger partial charge in [-0.1, -0.05) is 6.07 Å². The fourth-order valence-corrected chi connectivity index (χ4v) is 2.89. The zero-order valence-corrected chi connectivity index (χ0v) is 12.6. The Hall–Kier alpha value is -1.75. The van der Waals surface area contributed by atoms with E-state index in [1.807, 2.05) is 32.0 Å². The van der Waals surface area contributed by atoms with Crippen molar-refractivity contribution < 1.29 is 14.3 Å². The van der Waals surface area contributed by atoms with Crippen LogP contribution in [0.15, 0.2) is 18.2 Å². The summed E-state index contributed by atoms with van der Waals surface area (Å²) in [6, 6.07) is 5.75. The number of fused-ring (bicyclic) bond motifs is 1. The van der Waals surface area contributed by atoms with Crippen LogP contribution in [0.1, 0.15) is 38.3 Å². The molecule has 0 bridgehead atoms. The van der Waals surface area contributed by atoms with Crippen molar-refractivity contribution in [3.63, 3.8) is 0 Å². The first-order valence-electron chi connectivity index (χ1n) is 7.50. The quantitative estimate of drug-likeness (QED) is 0.893. The summed E-state index contributed by atoms with van der Waals surface area (Å²) in [6.07, 6.45) is 1.97. The van der Waals surface area contributed by atoms with Crippen molar-refractivity contribution in [3.8, 4) is 11.5 Å². The van der Waals surface area contributed by atoms with Crippen LogP contribution in [0.3, 0.4) is 0 Å². The minimum atomic E-state index is -0.317. The summed E-state index contributed by atoms with van der Waals surface area (Å²) >= 11 is 0. The summed E-state index contributed by atoms with van der Waals surface area (Å²) in [7, 11) is 0. The highest BCUT2D eigenvalue weighted by molar-refractivity contribution is 5.83. The van der Waals surface area contributed by atoms with E-state index in [9.17, 15) is 4.79 Å². The predicted molar refractivity (Wildman–Crippen MR) is 79.3 cm³/mol. The molecule has 21 heavy (non-hydrogen) atoms. The molecule has 114 valence electrons. The minimum Gasteiger partial charge on any atom is -0.454 e. The topological polar surface area (TPSA) is 59.6 Å². The molecule has 5 nitrogen and oxygen atoms in total. The summed E-state index contributed by atoms with van der Waals surface area (Å²) in [5.41, 5.74) is 0.711. The Bertz CT molecular complexity index is 538. The van der Waals surface area contributed by atoms with E-state index in [1.165, 1.54) is 0 Å². The van der Waals surface area contributed by atoms with Crippen LogP contribution in [0, 0.1) is 5.41 Å². The van der Waals surface area contributed by atoms with Gasteiger partial charge in [0.05, 0.1) is 11.5 Å². The van der Waals surface area contributed by atoms with E-state index in [4.69, 9.17) is 9.47 Å². The zero-order valence-electron chi connectivity index (χ0n) is 12.6. The number of benzene rings is 1. The molecule has 3 rings (SSSR count). The van der Waals surface area contributed by atoms with Crippen molar-refractivity contribution >= 4 is 5.91 Å². The lowest BCUT2D eigenvalue weighted by atomic mass is 9.81. The largest absolute Gasteiger partial charge is 0.454 e. The van der Waals surface area contributed by atoms with Gasteiger partial charge in [0.2, 0.25) is 12.7 Å². The molecule has 2 aliphatic rings. The Morgan fingerprint density at radius 1 is 1.38 bits per heavy atom. The van der Waals surface area contributed by atoms with Gasteiger partial charge >= 0.3 is 0 Å². The summed E-state index contributed by atoms with van der Waals surface area (Å²) in [4.78, 5) is 12.5. The number of rotatable bonds is 3. The average Bonchev–Trinajstić information content (AvgIpc) is 2.95. The molecule has 2 aliphatic heterocycles. The molecule has 2 atom stereocenters. The third-order valence-corrected chi connectivity index (χ3v) is 4.39. The van der Waals surface area contributed by atoms with E-state index in [0.717, 1.165) is 43.0 Å². The van der Waals surface area contributed by atoms with E-state index in [1.54, 1.807) is 0 Å². The molecule has 0 saturated carbocycles. The Balaban J connectivity index is 1.68. The predicted octanol–water partition coefficient (Wildman–Crippen LogP) is 1.98. The van der Waals surface area contributed by atoms with Crippen LogP contribution in [-0.4, -0.2) is 25.8 Å². The van der Waals surface area contributed by atoms with Crippen molar-refractivity contribution in [3.05, 3.63) is 23.8 Å². The van der Waals surface area contributed by atoms with Gasteiger partial charge in [-0.05, 0) is 50.9 Å². The van der Waals surface area contributed by atoms with Gasteiger partial charge in [-0.2, -0.15) is 0 Å². The molecule has 2 N–H and O–H groups in total. The van der Waals surface area contributed by atoms with Crippen molar-refractivity contribution in [1.82, 2.24) is 10.6 Å². The number of carbonyl (C=O) groups excluding carboxylic acids is 1. The second-order valence-electron chi connectivity index (χ2n) is 6.15. The first-order chi connectivity index (χ1) is 10.1. The maximum atomic E-state index is 12.5. The Kier molecular flexibility index (Phi) is 3.76. The summed E-state index contributed by atoms with van der Waals surface area (Å²) in [5.74, 6) is 1.62.